The highest BCUT2D eigenvalue weighted by molar-refractivity contribution is 7.12. The highest BCUT2D eigenvalue weighted by Gasteiger charge is 2.24. The van der Waals surface area contributed by atoms with E-state index in [1.165, 1.54) is 16.9 Å². The van der Waals surface area contributed by atoms with Crippen molar-refractivity contribution in [1.29, 1.82) is 0 Å². The van der Waals surface area contributed by atoms with E-state index in [1.54, 1.807) is 30.3 Å². The molecular formula is C23H23N3O2S. The van der Waals surface area contributed by atoms with Crippen LogP contribution in [-0.2, 0) is 6.54 Å². The van der Waals surface area contributed by atoms with Crippen molar-refractivity contribution >= 4 is 28.8 Å². The van der Waals surface area contributed by atoms with Gasteiger partial charge in [-0.1, -0.05) is 36.4 Å². The number of carbonyl (C=O) groups excluding carboxylic acids is 2. The van der Waals surface area contributed by atoms with Crippen LogP contribution < -0.4 is 10.6 Å². The first-order valence-corrected chi connectivity index (χ1v) is 10.6. The van der Waals surface area contributed by atoms with Gasteiger partial charge in [0.15, 0.2) is 0 Å². The number of nitrogens with zero attached hydrogens (tertiary/aromatic N) is 1. The summed E-state index contributed by atoms with van der Waals surface area (Å²) < 4.78 is 0. The van der Waals surface area contributed by atoms with E-state index in [0.717, 1.165) is 26.1 Å². The standard InChI is InChI=1S/C23H23N3O2S/c27-22(25-20-12-13-26(16-20)15-17-5-2-1-3-6-17)18-8-10-19(11-9-18)24-23(28)21-7-4-14-29-21/h1-11,14,20H,12-13,15-16H2,(H,24,28)(H,25,27)/t20-/m1/s1. The van der Waals surface area contributed by atoms with Gasteiger partial charge < -0.3 is 10.6 Å². The quantitative estimate of drug-likeness (QED) is 0.652. The van der Waals surface area contributed by atoms with E-state index in [4.69, 9.17) is 0 Å². The van der Waals surface area contributed by atoms with Crippen LogP contribution in [0, 0.1) is 0 Å². The van der Waals surface area contributed by atoms with Crippen LogP contribution >= 0.6 is 11.3 Å². The largest absolute Gasteiger partial charge is 0.348 e. The van der Waals surface area contributed by atoms with Gasteiger partial charge in [-0.25, -0.2) is 0 Å². The minimum absolute atomic E-state index is 0.0762. The van der Waals surface area contributed by atoms with Crippen LogP contribution in [0.4, 0.5) is 5.69 Å². The molecule has 0 radical (unpaired) electrons. The number of benzene rings is 2. The van der Waals surface area contributed by atoms with Gasteiger partial charge in [0.25, 0.3) is 11.8 Å². The normalized spacial score (nSPS) is 16.5. The average molecular weight is 406 g/mol. The van der Waals surface area contributed by atoms with Gasteiger partial charge in [0.2, 0.25) is 0 Å². The maximum atomic E-state index is 12.6. The summed E-state index contributed by atoms with van der Waals surface area (Å²) in [4.78, 5) is 27.7. The molecule has 0 aliphatic carbocycles. The Morgan fingerprint density at radius 1 is 0.966 bits per heavy atom. The first kappa shape index (κ1) is 19.4. The number of carbonyl (C=O) groups is 2. The first-order chi connectivity index (χ1) is 14.2. The number of thiophene rings is 1. The third-order valence-electron chi connectivity index (χ3n) is 5.01. The first-order valence-electron chi connectivity index (χ1n) is 9.69. The number of amides is 2. The summed E-state index contributed by atoms with van der Waals surface area (Å²) in [6.45, 7) is 2.75. The Labute approximate surface area is 174 Å². The molecule has 4 rings (SSSR count). The molecule has 29 heavy (non-hydrogen) atoms. The molecule has 1 aliphatic heterocycles. The maximum Gasteiger partial charge on any atom is 0.265 e. The molecule has 1 aliphatic rings. The molecule has 1 aromatic heterocycles. The molecule has 148 valence electrons. The van der Waals surface area contributed by atoms with Crippen molar-refractivity contribution < 1.29 is 9.59 Å². The van der Waals surface area contributed by atoms with Crippen LogP contribution in [0.3, 0.4) is 0 Å². The highest BCUT2D eigenvalue weighted by atomic mass is 32.1. The van der Waals surface area contributed by atoms with Crippen molar-refractivity contribution in [3.05, 3.63) is 88.1 Å². The lowest BCUT2D eigenvalue weighted by Gasteiger charge is -2.17. The lowest BCUT2D eigenvalue weighted by atomic mass is 10.1. The zero-order chi connectivity index (χ0) is 20.1. The molecule has 5 nitrogen and oxygen atoms in total. The molecule has 2 N–H and O–H groups in total. The van der Waals surface area contributed by atoms with Gasteiger partial charge in [-0.3, -0.25) is 14.5 Å². The Morgan fingerprint density at radius 3 is 2.48 bits per heavy atom. The van der Waals surface area contributed by atoms with Crippen molar-refractivity contribution in [3.63, 3.8) is 0 Å². The molecule has 2 amide bonds. The van der Waals surface area contributed by atoms with E-state index in [1.807, 2.05) is 17.5 Å². The Morgan fingerprint density at radius 2 is 1.76 bits per heavy atom. The molecule has 0 bridgehead atoms. The van der Waals surface area contributed by atoms with Crippen molar-refractivity contribution in [2.75, 3.05) is 18.4 Å². The summed E-state index contributed by atoms with van der Waals surface area (Å²) in [7, 11) is 0. The summed E-state index contributed by atoms with van der Waals surface area (Å²) in [6, 6.07) is 21.2. The molecule has 3 aromatic rings. The van der Waals surface area contributed by atoms with Gasteiger partial charge in [-0.2, -0.15) is 0 Å². The molecule has 0 saturated carbocycles. The second-order valence-corrected chi connectivity index (χ2v) is 8.14. The molecule has 1 fully saturated rings. The number of likely N-dealkylation sites (tertiary alicyclic amines) is 1. The monoisotopic (exact) mass is 405 g/mol. The molecule has 0 unspecified atom stereocenters. The van der Waals surface area contributed by atoms with Gasteiger partial charge >= 0.3 is 0 Å². The van der Waals surface area contributed by atoms with E-state index < -0.39 is 0 Å². The van der Waals surface area contributed by atoms with Crippen LogP contribution in [-0.4, -0.2) is 35.8 Å². The molecule has 2 aromatic carbocycles. The summed E-state index contributed by atoms with van der Waals surface area (Å²) in [5.74, 6) is -0.214. The summed E-state index contributed by atoms with van der Waals surface area (Å²) in [6.07, 6.45) is 0.952. The lowest BCUT2D eigenvalue weighted by Crippen LogP contribution is -2.36. The summed E-state index contributed by atoms with van der Waals surface area (Å²) in [5.41, 5.74) is 2.56. The fourth-order valence-electron chi connectivity index (χ4n) is 3.51. The second kappa shape index (κ2) is 9.03. The number of hydrogen-bond donors (Lipinski definition) is 2. The molecule has 0 spiro atoms. The molecule has 6 heteroatoms. The van der Waals surface area contributed by atoms with Crippen molar-refractivity contribution in [2.45, 2.75) is 19.0 Å². The van der Waals surface area contributed by atoms with E-state index in [2.05, 4.69) is 39.8 Å². The van der Waals surface area contributed by atoms with E-state index in [-0.39, 0.29) is 17.9 Å². The number of rotatable bonds is 6. The Bertz CT molecular complexity index is 956. The third-order valence-corrected chi connectivity index (χ3v) is 5.88. The van der Waals surface area contributed by atoms with Crippen LogP contribution in [0.15, 0.2) is 72.1 Å². The maximum absolute atomic E-state index is 12.6. The SMILES string of the molecule is O=C(N[C@@H]1CCN(Cc2ccccc2)C1)c1ccc(NC(=O)c2cccs2)cc1. The highest BCUT2D eigenvalue weighted by Crippen LogP contribution is 2.16. The summed E-state index contributed by atoms with van der Waals surface area (Å²) in [5, 5.41) is 7.84. The van der Waals surface area contributed by atoms with Crippen LogP contribution in [0.25, 0.3) is 0 Å². The predicted molar refractivity (Wildman–Crippen MR) is 116 cm³/mol. The van der Waals surface area contributed by atoms with Crippen molar-refractivity contribution in [1.82, 2.24) is 10.2 Å². The van der Waals surface area contributed by atoms with Gasteiger partial charge in [0.1, 0.15) is 0 Å². The second-order valence-electron chi connectivity index (χ2n) is 7.19. The molecule has 1 atom stereocenters. The minimum Gasteiger partial charge on any atom is -0.348 e. The third kappa shape index (κ3) is 5.10. The van der Waals surface area contributed by atoms with Crippen LogP contribution in [0.1, 0.15) is 32.0 Å². The summed E-state index contributed by atoms with van der Waals surface area (Å²) >= 11 is 1.40. The lowest BCUT2D eigenvalue weighted by molar-refractivity contribution is 0.0937. The van der Waals surface area contributed by atoms with E-state index >= 15 is 0 Å². The minimum atomic E-state index is -0.137. The fraction of sp³-hybridized carbons (Fsp3) is 0.217. The predicted octanol–water partition coefficient (Wildman–Crippen LogP) is 4.00. The zero-order valence-corrected chi connectivity index (χ0v) is 16.8. The molecule has 1 saturated heterocycles. The zero-order valence-electron chi connectivity index (χ0n) is 16.0. The van der Waals surface area contributed by atoms with E-state index in [0.29, 0.717) is 16.1 Å². The van der Waals surface area contributed by atoms with Gasteiger partial charge in [0.05, 0.1) is 4.88 Å². The Kier molecular flexibility index (Phi) is 6.03. The van der Waals surface area contributed by atoms with E-state index in [9.17, 15) is 9.59 Å². The van der Waals surface area contributed by atoms with Gasteiger partial charge in [-0.15, -0.1) is 11.3 Å². The van der Waals surface area contributed by atoms with Gasteiger partial charge in [0, 0.05) is 36.9 Å². The Hall–Kier alpha value is -2.96. The average Bonchev–Trinajstić information content (AvgIpc) is 3.42. The molecule has 2 heterocycles. The van der Waals surface area contributed by atoms with Crippen LogP contribution in [0.5, 0.6) is 0 Å². The van der Waals surface area contributed by atoms with Crippen LogP contribution in [0.2, 0.25) is 0 Å². The number of anilines is 1. The fourth-order valence-corrected chi connectivity index (χ4v) is 4.13. The topological polar surface area (TPSA) is 61.4 Å². The van der Waals surface area contributed by atoms with Gasteiger partial charge in [-0.05, 0) is 47.7 Å². The number of nitrogens with one attached hydrogen (secondary N) is 2. The van der Waals surface area contributed by atoms with Crippen molar-refractivity contribution in [3.8, 4) is 0 Å². The smallest absolute Gasteiger partial charge is 0.265 e. The van der Waals surface area contributed by atoms with Crippen molar-refractivity contribution in [2.24, 2.45) is 0 Å². The Balaban J connectivity index is 1.28. The number of hydrogen-bond acceptors (Lipinski definition) is 4. The molecular weight excluding hydrogens is 382 g/mol.